The Morgan fingerprint density at radius 3 is 1.65 bits per heavy atom. The lowest BCUT2D eigenvalue weighted by Crippen LogP contribution is -2.29. The van der Waals surface area contributed by atoms with E-state index in [0.29, 0.717) is 12.8 Å². The van der Waals surface area contributed by atoms with E-state index < -0.39 is 32.5 Å². The lowest BCUT2D eigenvalue weighted by Gasteiger charge is -2.19. The third-order valence-corrected chi connectivity index (χ3v) is 8.56. The zero-order valence-corrected chi connectivity index (χ0v) is 32.7. The van der Waals surface area contributed by atoms with Gasteiger partial charge in [0.1, 0.15) is 6.61 Å². The van der Waals surface area contributed by atoms with Crippen LogP contribution in [0.25, 0.3) is 0 Å². The molecule has 3 N–H and O–H groups in total. The van der Waals surface area contributed by atoms with Crippen LogP contribution in [-0.2, 0) is 32.7 Å². The molecule has 0 spiro atoms. The molecule has 0 aliphatic rings. The molecule has 0 aromatic carbocycles. The van der Waals surface area contributed by atoms with Crippen LogP contribution in [0.5, 0.6) is 0 Å². The Hall–Kier alpha value is -2.55. The molecule has 0 aromatic heterocycles. The first-order chi connectivity index (χ1) is 24.8. The minimum absolute atomic E-state index is 0.0414. The minimum Gasteiger partial charge on any atom is -0.462 e. The first-order valence-corrected chi connectivity index (χ1v) is 20.9. The number of rotatable bonds is 35. The third kappa shape index (κ3) is 37.0. The molecule has 9 nitrogen and oxygen atoms in total. The molecular weight excluding hydrogens is 665 g/mol. The lowest BCUT2D eigenvalue weighted by atomic mass is 10.1. The van der Waals surface area contributed by atoms with E-state index in [9.17, 15) is 19.0 Å². The number of carbonyl (C=O) groups excluding carboxylic acids is 2. The first kappa shape index (κ1) is 48.5. The van der Waals surface area contributed by atoms with Gasteiger partial charge in [-0.15, -0.1) is 0 Å². The van der Waals surface area contributed by atoms with Crippen LogP contribution < -0.4 is 5.73 Å². The van der Waals surface area contributed by atoms with Crippen LogP contribution in [0.3, 0.4) is 0 Å². The summed E-state index contributed by atoms with van der Waals surface area (Å²) in [7, 11) is -4.39. The van der Waals surface area contributed by atoms with Gasteiger partial charge < -0.3 is 20.1 Å². The molecule has 1 unspecified atom stereocenters. The standard InChI is InChI=1S/C41H70NO8P/c1-3-5-7-9-11-13-15-17-19-21-23-25-27-29-31-33-40(43)47-37-39(38-49-51(45,46)48-36-35-42)50-41(44)34-32-30-28-26-24-22-20-18-16-14-12-10-8-6-4-2/h5,7,11-14,17-20,23,25,39H,3-4,6,8-10,15-16,21-22,24,26-38,42H2,1-2H3,(H,45,46)/b7-5-,13-11-,14-12-,19-17-,20-18-,25-23-/t39-/m1/s1. The molecule has 0 fully saturated rings. The van der Waals surface area contributed by atoms with E-state index in [4.69, 9.17) is 24.3 Å². The minimum atomic E-state index is -4.39. The van der Waals surface area contributed by atoms with Crippen molar-refractivity contribution in [1.82, 2.24) is 0 Å². The Balaban J connectivity index is 4.33. The van der Waals surface area contributed by atoms with Gasteiger partial charge in [-0.25, -0.2) is 4.57 Å². The molecule has 0 saturated heterocycles. The van der Waals surface area contributed by atoms with Crippen molar-refractivity contribution in [2.45, 2.75) is 148 Å². The number of unbranched alkanes of at least 4 members (excludes halogenated alkanes) is 10. The summed E-state index contributed by atoms with van der Waals surface area (Å²) in [6.07, 6.45) is 43.6. The number of phosphoric acid groups is 1. The van der Waals surface area contributed by atoms with Gasteiger partial charge in [0, 0.05) is 19.4 Å². The van der Waals surface area contributed by atoms with Gasteiger partial charge in [-0.3, -0.25) is 18.6 Å². The average molecular weight is 736 g/mol. The molecule has 0 radical (unpaired) electrons. The van der Waals surface area contributed by atoms with Crippen molar-refractivity contribution < 1.29 is 37.6 Å². The Kier molecular flexibility index (Phi) is 35.4. The van der Waals surface area contributed by atoms with Crippen molar-refractivity contribution in [2.24, 2.45) is 5.73 Å². The predicted octanol–water partition coefficient (Wildman–Crippen LogP) is 10.7. The quantitative estimate of drug-likeness (QED) is 0.0282. The fourth-order valence-electron chi connectivity index (χ4n) is 4.71. The van der Waals surface area contributed by atoms with E-state index in [2.05, 4.69) is 86.8 Å². The number of nitrogens with two attached hydrogens (primary N) is 1. The molecule has 0 aliphatic heterocycles. The average Bonchev–Trinajstić information content (AvgIpc) is 3.11. The van der Waals surface area contributed by atoms with Crippen molar-refractivity contribution >= 4 is 19.8 Å². The highest BCUT2D eigenvalue weighted by Gasteiger charge is 2.25. The van der Waals surface area contributed by atoms with Gasteiger partial charge in [0.15, 0.2) is 6.10 Å². The van der Waals surface area contributed by atoms with Gasteiger partial charge in [0.05, 0.1) is 13.2 Å². The molecule has 0 aliphatic carbocycles. The van der Waals surface area contributed by atoms with E-state index in [-0.39, 0.29) is 32.6 Å². The highest BCUT2D eigenvalue weighted by atomic mass is 31.2. The maximum atomic E-state index is 12.5. The van der Waals surface area contributed by atoms with Crippen LogP contribution in [0.15, 0.2) is 72.9 Å². The number of phosphoric ester groups is 1. The monoisotopic (exact) mass is 735 g/mol. The highest BCUT2D eigenvalue weighted by Crippen LogP contribution is 2.43. The second-order valence-corrected chi connectivity index (χ2v) is 13.9. The number of ether oxygens (including phenoxy) is 2. The van der Waals surface area contributed by atoms with Gasteiger partial charge in [0.2, 0.25) is 0 Å². The molecule has 0 saturated carbocycles. The van der Waals surface area contributed by atoms with Crippen molar-refractivity contribution in [3.8, 4) is 0 Å². The van der Waals surface area contributed by atoms with Crippen LogP contribution in [0, 0.1) is 0 Å². The molecule has 2 atom stereocenters. The number of esters is 2. The molecule has 292 valence electrons. The second kappa shape index (κ2) is 37.2. The van der Waals surface area contributed by atoms with Gasteiger partial charge in [-0.1, -0.05) is 119 Å². The van der Waals surface area contributed by atoms with E-state index in [1.54, 1.807) is 0 Å². The Morgan fingerprint density at radius 2 is 1.08 bits per heavy atom. The molecule has 0 amide bonds. The number of hydrogen-bond acceptors (Lipinski definition) is 8. The summed E-state index contributed by atoms with van der Waals surface area (Å²) in [4.78, 5) is 34.7. The SMILES string of the molecule is CC/C=C\C/C=C\C/C=C\C/C=C\CCCCC(=O)OC[C@H](COP(=O)(O)OCCN)OC(=O)CCCCCCC/C=C\C/C=C\CCCCC. The Labute approximate surface area is 310 Å². The fourth-order valence-corrected chi connectivity index (χ4v) is 5.48. The maximum Gasteiger partial charge on any atom is 0.472 e. The van der Waals surface area contributed by atoms with Crippen LogP contribution in [-0.4, -0.2) is 49.3 Å². The molecule has 0 heterocycles. The van der Waals surface area contributed by atoms with Crippen molar-refractivity contribution in [3.05, 3.63) is 72.9 Å². The molecule has 0 aromatic rings. The van der Waals surface area contributed by atoms with E-state index in [0.717, 1.165) is 77.0 Å². The summed E-state index contributed by atoms with van der Waals surface area (Å²) in [6, 6.07) is 0. The number of hydrogen-bond donors (Lipinski definition) is 2. The second-order valence-electron chi connectivity index (χ2n) is 12.4. The molecule has 10 heteroatoms. The Morgan fingerprint density at radius 1 is 0.608 bits per heavy atom. The topological polar surface area (TPSA) is 134 Å². The number of allylic oxidation sites excluding steroid dienone is 12. The zero-order valence-electron chi connectivity index (χ0n) is 31.8. The van der Waals surface area contributed by atoms with Gasteiger partial charge in [-0.05, 0) is 83.5 Å². The van der Waals surface area contributed by atoms with Crippen LogP contribution in [0.2, 0.25) is 0 Å². The summed E-state index contributed by atoms with van der Waals surface area (Å²) in [5, 5.41) is 0. The van der Waals surface area contributed by atoms with Crippen LogP contribution >= 0.6 is 7.82 Å². The molecular formula is C41H70NO8P. The summed E-state index contributed by atoms with van der Waals surface area (Å²) in [6.45, 7) is 3.49. The molecule has 51 heavy (non-hydrogen) atoms. The van der Waals surface area contributed by atoms with Crippen LogP contribution in [0.4, 0.5) is 0 Å². The van der Waals surface area contributed by atoms with E-state index in [1.165, 1.54) is 25.7 Å². The Bertz CT molecular complexity index is 1070. The van der Waals surface area contributed by atoms with Gasteiger partial charge in [0.25, 0.3) is 0 Å². The molecule has 0 rings (SSSR count). The largest absolute Gasteiger partial charge is 0.472 e. The van der Waals surface area contributed by atoms with Gasteiger partial charge >= 0.3 is 19.8 Å². The van der Waals surface area contributed by atoms with Gasteiger partial charge in [-0.2, -0.15) is 0 Å². The summed E-state index contributed by atoms with van der Waals surface area (Å²) in [5.74, 6) is -0.902. The molecule has 0 bridgehead atoms. The highest BCUT2D eigenvalue weighted by molar-refractivity contribution is 7.47. The van der Waals surface area contributed by atoms with Crippen molar-refractivity contribution in [2.75, 3.05) is 26.4 Å². The van der Waals surface area contributed by atoms with E-state index >= 15 is 0 Å². The third-order valence-electron chi connectivity index (χ3n) is 7.58. The van der Waals surface area contributed by atoms with Crippen LogP contribution in [0.1, 0.15) is 142 Å². The summed E-state index contributed by atoms with van der Waals surface area (Å²) >= 11 is 0. The number of carbonyl (C=O) groups is 2. The predicted molar refractivity (Wildman–Crippen MR) is 210 cm³/mol. The van der Waals surface area contributed by atoms with E-state index in [1.807, 2.05) is 0 Å². The fraction of sp³-hybridized carbons (Fsp3) is 0.659. The summed E-state index contributed by atoms with van der Waals surface area (Å²) in [5.41, 5.74) is 5.33. The zero-order chi connectivity index (χ0) is 37.5. The summed E-state index contributed by atoms with van der Waals surface area (Å²) < 4.78 is 32.6. The van der Waals surface area contributed by atoms with Crippen molar-refractivity contribution in [3.63, 3.8) is 0 Å². The van der Waals surface area contributed by atoms with Crippen molar-refractivity contribution in [1.29, 1.82) is 0 Å². The smallest absolute Gasteiger partial charge is 0.462 e. The normalized spacial score (nSPS) is 14.2. The lowest BCUT2D eigenvalue weighted by molar-refractivity contribution is -0.161. The first-order valence-electron chi connectivity index (χ1n) is 19.4. The maximum absolute atomic E-state index is 12.5.